The Morgan fingerprint density at radius 3 is 2.40 bits per heavy atom. The first-order valence-corrected chi connectivity index (χ1v) is 7.79. The van der Waals surface area contributed by atoms with Crippen LogP contribution in [-0.4, -0.2) is 36.2 Å². The number of hydrogen-bond donors (Lipinski definition) is 1. The van der Waals surface area contributed by atoms with Crippen molar-refractivity contribution in [2.24, 2.45) is 5.92 Å². The molecule has 2 nitrogen and oxygen atoms in total. The number of halogens is 1. The number of hydrogen-bond acceptors (Lipinski definition) is 2. The molecule has 0 radical (unpaired) electrons. The predicted octanol–water partition coefficient (Wildman–Crippen LogP) is 3.41. The van der Waals surface area contributed by atoms with Crippen molar-refractivity contribution in [3.05, 3.63) is 35.6 Å². The van der Waals surface area contributed by atoms with Crippen molar-refractivity contribution in [2.75, 3.05) is 26.2 Å². The van der Waals surface area contributed by atoms with Crippen LogP contribution < -0.4 is 0 Å². The smallest absolute Gasteiger partial charge is 0.123 e. The van der Waals surface area contributed by atoms with Gasteiger partial charge in [-0.05, 0) is 68.4 Å². The van der Waals surface area contributed by atoms with Gasteiger partial charge in [0.15, 0.2) is 0 Å². The molecule has 0 spiro atoms. The van der Waals surface area contributed by atoms with E-state index in [1.54, 1.807) is 0 Å². The number of piperidine rings is 1. The van der Waals surface area contributed by atoms with Crippen molar-refractivity contribution in [3.8, 4) is 0 Å². The van der Waals surface area contributed by atoms with E-state index in [4.69, 9.17) is 0 Å². The lowest BCUT2D eigenvalue weighted by Gasteiger charge is -2.29. The van der Waals surface area contributed by atoms with Gasteiger partial charge in [-0.25, -0.2) is 4.39 Å². The summed E-state index contributed by atoms with van der Waals surface area (Å²) >= 11 is 0. The largest absolute Gasteiger partial charge is 0.396 e. The minimum Gasteiger partial charge on any atom is -0.396 e. The highest BCUT2D eigenvalue weighted by Crippen LogP contribution is 2.27. The number of aliphatic hydroxyl groups excluding tert-OH is 1. The van der Waals surface area contributed by atoms with Crippen LogP contribution in [0.1, 0.15) is 44.1 Å². The molecule has 1 heterocycles. The van der Waals surface area contributed by atoms with Crippen molar-refractivity contribution >= 4 is 0 Å². The number of likely N-dealkylation sites (tertiary alicyclic amines) is 1. The topological polar surface area (TPSA) is 23.5 Å². The van der Waals surface area contributed by atoms with Crippen LogP contribution in [0, 0.1) is 11.7 Å². The van der Waals surface area contributed by atoms with E-state index in [1.807, 2.05) is 12.1 Å². The molecule has 1 fully saturated rings. The molecule has 1 aromatic rings. The summed E-state index contributed by atoms with van der Waals surface area (Å²) in [5.74, 6) is 0.322. The highest BCUT2D eigenvalue weighted by molar-refractivity contribution is 5.20. The summed E-state index contributed by atoms with van der Waals surface area (Å²) in [4.78, 5) is 2.50. The molecule has 1 aliphatic heterocycles. The van der Waals surface area contributed by atoms with Crippen LogP contribution in [0.15, 0.2) is 24.3 Å². The number of nitrogens with zero attached hydrogens (tertiary/aromatic N) is 1. The molecule has 1 aliphatic rings. The zero-order chi connectivity index (χ0) is 14.4. The normalized spacial score (nSPS) is 19.8. The summed E-state index contributed by atoms with van der Waals surface area (Å²) in [6.45, 7) is 5.79. The number of aliphatic hydroxyl groups is 1. The highest BCUT2D eigenvalue weighted by atomic mass is 19.1. The summed E-state index contributed by atoms with van der Waals surface area (Å²) in [6.07, 6.45) is 4.97. The number of benzene rings is 1. The standard InChI is InChI=1S/C17H26FNO/c1-14(15-5-7-17(18)8-6-15)16(13-20)9-12-19-10-3-2-4-11-19/h5-8,14,16,20H,2-4,9-13H2,1H3. The molecular formula is C17H26FNO. The van der Waals surface area contributed by atoms with Gasteiger partial charge in [0.05, 0.1) is 0 Å². The molecule has 2 unspecified atom stereocenters. The third kappa shape index (κ3) is 4.29. The summed E-state index contributed by atoms with van der Waals surface area (Å²) in [5, 5.41) is 9.65. The second-order valence-electron chi connectivity index (χ2n) is 5.97. The van der Waals surface area contributed by atoms with E-state index in [-0.39, 0.29) is 24.3 Å². The molecule has 0 aromatic heterocycles. The quantitative estimate of drug-likeness (QED) is 0.862. The lowest BCUT2D eigenvalue weighted by atomic mass is 9.85. The van der Waals surface area contributed by atoms with E-state index in [1.165, 1.54) is 44.5 Å². The van der Waals surface area contributed by atoms with E-state index in [2.05, 4.69) is 11.8 Å². The molecule has 2 rings (SSSR count). The fourth-order valence-electron chi connectivity index (χ4n) is 3.07. The molecule has 1 N–H and O–H groups in total. The maximum Gasteiger partial charge on any atom is 0.123 e. The molecule has 0 saturated carbocycles. The van der Waals surface area contributed by atoms with Gasteiger partial charge in [-0.15, -0.1) is 0 Å². The van der Waals surface area contributed by atoms with Crippen LogP contribution in [0.5, 0.6) is 0 Å². The van der Waals surface area contributed by atoms with E-state index in [0.717, 1.165) is 18.5 Å². The summed E-state index contributed by atoms with van der Waals surface area (Å²) in [7, 11) is 0. The van der Waals surface area contributed by atoms with E-state index >= 15 is 0 Å². The molecule has 1 aromatic carbocycles. The van der Waals surface area contributed by atoms with Gasteiger partial charge in [0, 0.05) is 6.61 Å². The van der Waals surface area contributed by atoms with E-state index in [9.17, 15) is 9.50 Å². The molecular weight excluding hydrogens is 253 g/mol. The van der Waals surface area contributed by atoms with Gasteiger partial charge in [-0.2, -0.15) is 0 Å². The van der Waals surface area contributed by atoms with Crippen molar-refractivity contribution in [1.29, 1.82) is 0 Å². The second kappa shape index (κ2) is 7.75. The minimum absolute atomic E-state index is 0.199. The lowest BCUT2D eigenvalue weighted by molar-refractivity contribution is 0.163. The van der Waals surface area contributed by atoms with Crippen molar-refractivity contribution in [3.63, 3.8) is 0 Å². The fraction of sp³-hybridized carbons (Fsp3) is 0.647. The first kappa shape index (κ1) is 15.5. The second-order valence-corrected chi connectivity index (χ2v) is 5.97. The predicted molar refractivity (Wildman–Crippen MR) is 80.3 cm³/mol. The first-order chi connectivity index (χ1) is 9.70. The average molecular weight is 279 g/mol. The van der Waals surface area contributed by atoms with Gasteiger partial charge in [-0.3, -0.25) is 0 Å². The molecule has 2 atom stereocenters. The average Bonchev–Trinajstić information content (AvgIpc) is 2.49. The van der Waals surface area contributed by atoms with E-state index in [0.29, 0.717) is 0 Å². The van der Waals surface area contributed by atoms with Crippen molar-refractivity contribution < 1.29 is 9.50 Å². The van der Waals surface area contributed by atoms with Gasteiger partial charge < -0.3 is 10.0 Å². The zero-order valence-corrected chi connectivity index (χ0v) is 12.4. The Bertz CT molecular complexity index is 386. The van der Waals surface area contributed by atoms with Gasteiger partial charge >= 0.3 is 0 Å². The maximum atomic E-state index is 13.0. The molecule has 0 bridgehead atoms. The Labute approximate surface area is 121 Å². The third-order valence-corrected chi connectivity index (χ3v) is 4.60. The molecule has 0 aliphatic carbocycles. The first-order valence-electron chi connectivity index (χ1n) is 7.79. The Balaban J connectivity index is 1.88. The molecule has 20 heavy (non-hydrogen) atoms. The summed E-state index contributed by atoms with van der Waals surface area (Å²) in [6, 6.07) is 6.68. The van der Waals surface area contributed by atoms with Crippen LogP contribution in [0.25, 0.3) is 0 Å². The SMILES string of the molecule is CC(c1ccc(F)cc1)C(CO)CCN1CCCCC1. The van der Waals surface area contributed by atoms with Crippen LogP contribution in [0.4, 0.5) is 4.39 Å². The molecule has 1 saturated heterocycles. The Morgan fingerprint density at radius 2 is 1.80 bits per heavy atom. The monoisotopic (exact) mass is 279 g/mol. The van der Waals surface area contributed by atoms with Crippen LogP contribution >= 0.6 is 0 Å². The Kier molecular flexibility index (Phi) is 5.99. The third-order valence-electron chi connectivity index (χ3n) is 4.60. The van der Waals surface area contributed by atoms with E-state index < -0.39 is 0 Å². The molecule has 0 amide bonds. The van der Waals surface area contributed by atoms with Crippen molar-refractivity contribution in [2.45, 2.75) is 38.5 Å². The van der Waals surface area contributed by atoms with Crippen LogP contribution in [0.3, 0.4) is 0 Å². The summed E-state index contributed by atoms with van der Waals surface area (Å²) < 4.78 is 13.0. The lowest BCUT2D eigenvalue weighted by Crippen LogP contribution is -2.32. The summed E-state index contributed by atoms with van der Waals surface area (Å²) in [5.41, 5.74) is 1.11. The molecule has 112 valence electrons. The zero-order valence-electron chi connectivity index (χ0n) is 12.4. The Morgan fingerprint density at radius 1 is 1.15 bits per heavy atom. The fourth-order valence-corrected chi connectivity index (χ4v) is 3.07. The van der Waals surface area contributed by atoms with Crippen LogP contribution in [-0.2, 0) is 0 Å². The van der Waals surface area contributed by atoms with Crippen LogP contribution in [0.2, 0.25) is 0 Å². The Hall–Kier alpha value is -0.930. The number of rotatable bonds is 6. The maximum absolute atomic E-state index is 13.0. The molecule has 3 heteroatoms. The van der Waals surface area contributed by atoms with Gasteiger partial charge in [-0.1, -0.05) is 25.5 Å². The minimum atomic E-state index is -0.199. The van der Waals surface area contributed by atoms with Gasteiger partial charge in [0.25, 0.3) is 0 Å². The van der Waals surface area contributed by atoms with Gasteiger partial charge in [0.1, 0.15) is 5.82 Å². The highest BCUT2D eigenvalue weighted by Gasteiger charge is 2.20. The van der Waals surface area contributed by atoms with Crippen molar-refractivity contribution in [1.82, 2.24) is 4.90 Å². The van der Waals surface area contributed by atoms with Gasteiger partial charge in [0.2, 0.25) is 0 Å².